The van der Waals surface area contributed by atoms with Crippen LogP contribution in [-0.4, -0.2) is 48.1 Å². The molecule has 0 N–H and O–H groups in total. The molecule has 2 aliphatic heterocycles. The van der Waals surface area contributed by atoms with Gasteiger partial charge in [-0.1, -0.05) is 24.3 Å². The number of carbonyl (C=O) groups is 1. The Bertz CT molecular complexity index is 1030. The summed E-state index contributed by atoms with van der Waals surface area (Å²) in [4.78, 5) is 28.6. The molecule has 2 aromatic heterocycles. The van der Waals surface area contributed by atoms with Crippen molar-refractivity contribution < 1.29 is 4.79 Å². The summed E-state index contributed by atoms with van der Waals surface area (Å²) in [6, 6.07) is 18.2. The highest BCUT2D eigenvalue weighted by atomic mass is 16.2. The van der Waals surface area contributed by atoms with Gasteiger partial charge in [0.15, 0.2) is 0 Å². The Morgan fingerprint density at radius 1 is 0.900 bits per heavy atom. The van der Waals surface area contributed by atoms with E-state index in [0.29, 0.717) is 5.69 Å². The van der Waals surface area contributed by atoms with Crippen molar-refractivity contribution in [1.82, 2.24) is 9.97 Å². The molecule has 5 rings (SSSR count). The van der Waals surface area contributed by atoms with Crippen molar-refractivity contribution in [1.29, 1.82) is 0 Å². The minimum Gasteiger partial charge on any atom is -0.367 e. The minimum absolute atomic E-state index is 0.0287. The van der Waals surface area contributed by atoms with Crippen LogP contribution in [0.2, 0.25) is 0 Å². The van der Waals surface area contributed by atoms with Gasteiger partial charge in [-0.25, -0.2) is 9.97 Å². The van der Waals surface area contributed by atoms with Gasteiger partial charge in [0.1, 0.15) is 11.5 Å². The van der Waals surface area contributed by atoms with E-state index in [-0.39, 0.29) is 11.9 Å². The van der Waals surface area contributed by atoms with E-state index in [0.717, 1.165) is 49.8 Å². The van der Waals surface area contributed by atoms with Crippen LogP contribution in [0, 0.1) is 0 Å². The first kappa shape index (κ1) is 18.6. The van der Waals surface area contributed by atoms with E-state index in [9.17, 15) is 4.79 Å². The Morgan fingerprint density at radius 2 is 1.67 bits per heavy atom. The Kier molecular flexibility index (Phi) is 4.83. The first-order valence-corrected chi connectivity index (χ1v) is 10.5. The number of benzene rings is 1. The molecule has 1 saturated heterocycles. The van der Waals surface area contributed by atoms with Gasteiger partial charge in [-0.3, -0.25) is 4.79 Å². The molecule has 0 saturated carbocycles. The summed E-state index contributed by atoms with van der Waals surface area (Å²) >= 11 is 0. The molecule has 152 valence electrons. The van der Waals surface area contributed by atoms with E-state index in [1.54, 1.807) is 0 Å². The highest BCUT2D eigenvalue weighted by molar-refractivity contribution is 6.06. The number of fused-ring (bicyclic) bond motifs is 1. The number of aromatic nitrogens is 2. The van der Waals surface area contributed by atoms with Gasteiger partial charge in [-0.2, -0.15) is 0 Å². The zero-order valence-corrected chi connectivity index (χ0v) is 17.1. The zero-order chi connectivity index (χ0) is 20.5. The number of anilines is 3. The second kappa shape index (κ2) is 7.78. The van der Waals surface area contributed by atoms with Gasteiger partial charge < -0.3 is 14.7 Å². The lowest BCUT2D eigenvalue weighted by Gasteiger charge is -2.36. The number of hydrogen-bond acceptors (Lipinski definition) is 5. The van der Waals surface area contributed by atoms with E-state index in [4.69, 9.17) is 0 Å². The Labute approximate surface area is 176 Å². The number of carbonyl (C=O) groups excluding carboxylic acids is 1. The van der Waals surface area contributed by atoms with Gasteiger partial charge in [0.05, 0.1) is 11.9 Å². The molecule has 1 fully saturated rings. The van der Waals surface area contributed by atoms with Gasteiger partial charge in [0, 0.05) is 44.1 Å². The summed E-state index contributed by atoms with van der Waals surface area (Å²) in [5, 5.41) is 0. The van der Waals surface area contributed by atoms with E-state index in [1.807, 2.05) is 59.8 Å². The molecule has 0 radical (unpaired) electrons. The van der Waals surface area contributed by atoms with Crippen LogP contribution in [0.3, 0.4) is 0 Å². The third-order valence-electron chi connectivity index (χ3n) is 6.01. The second-order valence-corrected chi connectivity index (χ2v) is 7.92. The van der Waals surface area contributed by atoms with Crippen LogP contribution in [0.4, 0.5) is 17.2 Å². The molecule has 6 nitrogen and oxygen atoms in total. The Hall–Kier alpha value is -3.41. The topological polar surface area (TPSA) is 52.6 Å². The Balaban J connectivity index is 1.27. The smallest absolute Gasteiger partial charge is 0.277 e. The predicted octanol–water partition coefficient (Wildman–Crippen LogP) is 3.39. The van der Waals surface area contributed by atoms with Crippen LogP contribution in [-0.2, 0) is 6.42 Å². The first-order valence-electron chi connectivity index (χ1n) is 10.5. The monoisotopic (exact) mass is 399 g/mol. The third kappa shape index (κ3) is 3.38. The van der Waals surface area contributed by atoms with Crippen molar-refractivity contribution in [2.45, 2.75) is 19.4 Å². The van der Waals surface area contributed by atoms with Crippen molar-refractivity contribution in [3.63, 3.8) is 0 Å². The largest absolute Gasteiger partial charge is 0.367 e. The lowest BCUT2D eigenvalue weighted by atomic mass is 10.1. The second-order valence-electron chi connectivity index (χ2n) is 7.92. The fourth-order valence-electron chi connectivity index (χ4n) is 4.43. The molecule has 1 aromatic carbocycles. The lowest BCUT2D eigenvalue weighted by molar-refractivity contribution is 0.0976. The molecule has 0 spiro atoms. The molecule has 1 atom stereocenters. The van der Waals surface area contributed by atoms with Gasteiger partial charge in [-0.15, -0.1) is 0 Å². The van der Waals surface area contributed by atoms with Gasteiger partial charge in [0.2, 0.25) is 0 Å². The molecule has 2 aliphatic rings. The number of amides is 1. The standard InChI is InChI=1S/C24H25N5O/c1-18-16-19-6-2-3-7-22(19)29(18)24(30)21-10-9-20(17-26-21)27-12-14-28(15-13-27)23-8-4-5-11-25-23/h2-11,17-18H,12-16H2,1H3. The number of rotatable bonds is 3. The van der Waals surface area contributed by atoms with Crippen molar-refractivity contribution in [2.75, 3.05) is 40.9 Å². The normalized spacial score (nSPS) is 18.4. The fourth-order valence-corrected chi connectivity index (χ4v) is 4.43. The maximum Gasteiger partial charge on any atom is 0.277 e. The molecular formula is C24H25N5O. The molecule has 0 aliphatic carbocycles. The van der Waals surface area contributed by atoms with Crippen LogP contribution < -0.4 is 14.7 Å². The molecule has 1 amide bonds. The summed E-state index contributed by atoms with van der Waals surface area (Å²) in [5.41, 5.74) is 3.78. The summed E-state index contributed by atoms with van der Waals surface area (Å²) in [7, 11) is 0. The number of pyridine rings is 2. The van der Waals surface area contributed by atoms with Gasteiger partial charge in [-0.05, 0) is 49.2 Å². The molecule has 0 bridgehead atoms. The third-order valence-corrected chi connectivity index (χ3v) is 6.01. The average Bonchev–Trinajstić information content (AvgIpc) is 3.15. The van der Waals surface area contributed by atoms with Gasteiger partial charge >= 0.3 is 0 Å². The number of para-hydroxylation sites is 1. The predicted molar refractivity (Wildman–Crippen MR) is 119 cm³/mol. The summed E-state index contributed by atoms with van der Waals surface area (Å²) in [5.74, 6) is 0.996. The molecule has 1 unspecified atom stereocenters. The fraction of sp³-hybridized carbons (Fsp3) is 0.292. The SMILES string of the molecule is CC1Cc2ccccc2N1C(=O)c1ccc(N2CCN(c3ccccn3)CC2)cn1. The van der Waals surface area contributed by atoms with Crippen LogP contribution >= 0.6 is 0 Å². The van der Waals surface area contributed by atoms with Crippen molar-refractivity contribution in [3.8, 4) is 0 Å². The summed E-state index contributed by atoms with van der Waals surface area (Å²) in [6.45, 7) is 5.73. The van der Waals surface area contributed by atoms with Crippen molar-refractivity contribution in [2.24, 2.45) is 0 Å². The molecule has 3 aromatic rings. The number of piperazine rings is 1. The zero-order valence-electron chi connectivity index (χ0n) is 17.1. The van der Waals surface area contributed by atoms with Crippen LogP contribution in [0.15, 0.2) is 67.0 Å². The van der Waals surface area contributed by atoms with E-state index in [2.05, 4.69) is 38.8 Å². The Morgan fingerprint density at radius 3 is 2.40 bits per heavy atom. The van der Waals surface area contributed by atoms with Crippen LogP contribution in [0.25, 0.3) is 0 Å². The quantitative estimate of drug-likeness (QED) is 0.676. The molecule has 30 heavy (non-hydrogen) atoms. The highest BCUT2D eigenvalue weighted by Gasteiger charge is 2.31. The van der Waals surface area contributed by atoms with Crippen LogP contribution in [0.1, 0.15) is 23.0 Å². The molecule has 6 heteroatoms. The first-order chi connectivity index (χ1) is 14.7. The summed E-state index contributed by atoms with van der Waals surface area (Å²) < 4.78 is 0. The maximum atomic E-state index is 13.1. The molecular weight excluding hydrogens is 374 g/mol. The van der Waals surface area contributed by atoms with Crippen molar-refractivity contribution in [3.05, 3.63) is 78.2 Å². The summed E-state index contributed by atoms with van der Waals surface area (Å²) in [6.07, 6.45) is 4.55. The van der Waals surface area contributed by atoms with Crippen LogP contribution in [0.5, 0.6) is 0 Å². The highest BCUT2D eigenvalue weighted by Crippen LogP contribution is 2.33. The number of hydrogen-bond donors (Lipinski definition) is 0. The maximum absolute atomic E-state index is 13.1. The minimum atomic E-state index is -0.0287. The van der Waals surface area contributed by atoms with Crippen molar-refractivity contribution >= 4 is 23.1 Å². The lowest BCUT2D eigenvalue weighted by Crippen LogP contribution is -2.46. The average molecular weight is 399 g/mol. The van der Waals surface area contributed by atoms with E-state index >= 15 is 0 Å². The van der Waals surface area contributed by atoms with Gasteiger partial charge in [0.25, 0.3) is 5.91 Å². The van der Waals surface area contributed by atoms with E-state index < -0.39 is 0 Å². The number of nitrogens with zero attached hydrogens (tertiary/aromatic N) is 5. The van der Waals surface area contributed by atoms with E-state index in [1.165, 1.54) is 5.56 Å². The molecule has 4 heterocycles.